The molecular weight excluding hydrogens is 329 g/mol. The summed E-state index contributed by atoms with van der Waals surface area (Å²) in [5, 5.41) is 4.72. The molecule has 5 nitrogen and oxygen atoms in total. The van der Waals surface area contributed by atoms with Crippen LogP contribution in [0.3, 0.4) is 0 Å². The van der Waals surface area contributed by atoms with Gasteiger partial charge in [-0.25, -0.2) is 9.37 Å². The number of rotatable bonds is 4. The van der Waals surface area contributed by atoms with Crippen LogP contribution in [0.1, 0.15) is 0 Å². The minimum atomic E-state index is -0.366. The molecule has 0 radical (unpaired) electrons. The molecular formula is C17H12FN3O2S. The molecule has 7 heteroatoms. The molecule has 24 heavy (non-hydrogen) atoms. The molecule has 0 saturated heterocycles. The minimum absolute atomic E-state index is 0.0997. The minimum Gasteiger partial charge on any atom is -0.344 e. The molecule has 0 bridgehead atoms. The summed E-state index contributed by atoms with van der Waals surface area (Å²) in [6.07, 6.45) is 6.42. The van der Waals surface area contributed by atoms with E-state index in [0.717, 1.165) is 5.56 Å². The van der Waals surface area contributed by atoms with Gasteiger partial charge in [0.25, 0.3) is 5.56 Å². The maximum Gasteiger partial charge on any atom is 0.263 e. The lowest BCUT2D eigenvalue weighted by Crippen LogP contribution is -2.32. The van der Waals surface area contributed by atoms with Gasteiger partial charge in [-0.15, -0.1) is 17.8 Å². The van der Waals surface area contributed by atoms with Crippen molar-refractivity contribution in [2.24, 2.45) is 0 Å². The molecule has 3 aromatic rings. The van der Waals surface area contributed by atoms with Crippen molar-refractivity contribution < 1.29 is 9.18 Å². The van der Waals surface area contributed by atoms with Crippen molar-refractivity contribution >= 4 is 27.5 Å². The Morgan fingerprint density at radius 2 is 2.12 bits per heavy atom. The van der Waals surface area contributed by atoms with E-state index in [1.54, 1.807) is 17.5 Å². The number of hydrogen-bond acceptors (Lipinski definition) is 4. The highest BCUT2D eigenvalue weighted by Gasteiger charge is 2.14. The molecule has 3 rings (SSSR count). The van der Waals surface area contributed by atoms with Crippen molar-refractivity contribution in [2.45, 2.75) is 6.54 Å². The Hall–Kier alpha value is -2.98. The SMILES string of the molecule is C#CCNC(=O)Cn1cnc2scc(-c3ccc(F)cc3)c2c1=O. The van der Waals surface area contributed by atoms with Crippen molar-refractivity contribution in [1.82, 2.24) is 14.9 Å². The topological polar surface area (TPSA) is 64.0 Å². The summed E-state index contributed by atoms with van der Waals surface area (Å²) in [4.78, 5) is 29.2. The Labute approximate surface area is 140 Å². The number of hydrogen-bond donors (Lipinski definition) is 1. The summed E-state index contributed by atoms with van der Waals surface area (Å²) in [6, 6.07) is 5.88. The number of aromatic nitrogens is 2. The molecule has 0 unspecified atom stereocenters. The van der Waals surface area contributed by atoms with E-state index in [2.05, 4.69) is 16.2 Å². The molecule has 0 aliphatic carbocycles. The van der Waals surface area contributed by atoms with E-state index in [9.17, 15) is 14.0 Å². The van der Waals surface area contributed by atoms with E-state index in [1.165, 1.54) is 34.4 Å². The third kappa shape index (κ3) is 3.05. The number of carbonyl (C=O) groups excluding carboxylic acids is 1. The lowest BCUT2D eigenvalue weighted by Gasteiger charge is -2.06. The fourth-order valence-electron chi connectivity index (χ4n) is 2.28. The molecule has 0 spiro atoms. The molecule has 2 aromatic heterocycles. The van der Waals surface area contributed by atoms with Gasteiger partial charge >= 0.3 is 0 Å². The van der Waals surface area contributed by atoms with E-state index in [4.69, 9.17) is 6.42 Å². The average Bonchev–Trinajstić information content (AvgIpc) is 3.01. The van der Waals surface area contributed by atoms with E-state index in [0.29, 0.717) is 15.8 Å². The van der Waals surface area contributed by atoms with Crippen LogP contribution < -0.4 is 10.9 Å². The van der Waals surface area contributed by atoms with Crippen molar-refractivity contribution in [3.8, 4) is 23.5 Å². The van der Waals surface area contributed by atoms with Crippen molar-refractivity contribution in [3.63, 3.8) is 0 Å². The van der Waals surface area contributed by atoms with Crippen molar-refractivity contribution in [3.05, 3.63) is 52.1 Å². The standard InChI is InChI=1S/C17H12FN3O2S/c1-2-7-19-14(22)8-21-10-20-16-15(17(21)23)13(9-24-16)11-3-5-12(18)6-4-11/h1,3-6,9-10H,7-8H2,(H,19,22). The Morgan fingerprint density at radius 3 is 2.83 bits per heavy atom. The molecule has 120 valence electrons. The van der Waals surface area contributed by atoms with Gasteiger partial charge in [0.05, 0.1) is 18.3 Å². The van der Waals surface area contributed by atoms with Crippen LogP contribution in [0.2, 0.25) is 0 Å². The number of halogens is 1. The number of benzene rings is 1. The van der Waals surface area contributed by atoms with Crippen LogP contribution in [-0.4, -0.2) is 22.0 Å². The molecule has 1 N–H and O–H groups in total. The van der Waals surface area contributed by atoms with Crippen LogP contribution >= 0.6 is 11.3 Å². The van der Waals surface area contributed by atoms with Gasteiger partial charge in [-0.1, -0.05) is 18.1 Å². The number of nitrogens with zero attached hydrogens (tertiary/aromatic N) is 2. The summed E-state index contributed by atoms with van der Waals surface area (Å²) in [6.45, 7) is -0.0648. The maximum atomic E-state index is 13.1. The zero-order valence-corrected chi connectivity index (χ0v) is 13.3. The van der Waals surface area contributed by atoms with Crippen molar-refractivity contribution in [1.29, 1.82) is 0 Å². The van der Waals surface area contributed by atoms with Gasteiger partial charge in [0.2, 0.25) is 5.91 Å². The first-order valence-electron chi connectivity index (χ1n) is 7.03. The second-order valence-electron chi connectivity index (χ2n) is 4.99. The Balaban J connectivity index is 2.03. The largest absolute Gasteiger partial charge is 0.344 e. The van der Waals surface area contributed by atoms with Crippen LogP contribution in [0.4, 0.5) is 4.39 Å². The zero-order chi connectivity index (χ0) is 17.1. The number of nitrogens with one attached hydrogen (secondary N) is 1. The van der Waals surface area contributed by atoms with Crippen molar-refractivity contribution in [2.75, 3.05) is 6.54 Å². The molecule has 2 heterocycles. The summed E-state index contributed by atoms with van der Waals surface area (Å²) >= 11 is 1.32. The highest BCUT2D eigenvalue weighted by molar-refractivity contribution is 7.17. The Morgan fingerprint density at radius 1 is 1.38 bits per heavy atom. The quantitative estimate of drug-likeness (QED) is 0.739. The van der Waals surface area contributed by atoms with E-state index < -0.39 is 0 Å². The van der Waals surface area contributed by atoms with Crippen LogP contribution in [0, 0.1) is 18.2 Å². The van der Waals surface area contributed by atoms with Crippen LogP contribution in [0.5, 0.6) is 0 Å². The van der Waals surface area contributed by atoms with Gasteiger partial charge in [0.15, 0.2) is 0 Å². The molecule has 0 aliphatic heterocycles. The Kier molecular flexibility index (Phi) is 4.40. The maximum absolute atomic E-state index is 13.1. The first kappa shape index (κ1) is 15.9. The lowest BCUT2D eigenvalue weighted by atomic mass is 10.1. The van der Waals surface area contributed by atoms with Gasteiger partial charge in [0.1, 0.15) is 17.2 Å². The van der Waals surface area contributed by atoms with Crippen LogP contribution in [-0.2, 0) is 11.3 Å². The molecule has 0 saturated carbocycles. The normalized spacial score (nSPS) is 10.5. The monoisotopic (exact) mass is 341 g/mol. The fraction of sp³-hybridized carbons (Fsp3) is 0.118. The first-order valence-corrected chi connectivity index (χ1v) is 7.91. The summed E-state index contributed by atoms with van der Waals surface area (Å²) in [7, 11) is 0. The number of fused-ring (bicyclic) bond motifs is 1. The van der Waals surface area contributed by atoms with Gasteiger partial charge in [-0.2, -0.15) is 0 Å². The average molecular weight is 341 g/mol. The van der Waals surface area contributed by atoms with Crippen LogP contribution in [0.15, 0.2) is 40.8 Å². The predicted molar refractivity (Wildman–Crippen MR) is 91.1 cm³/mol. The number of thiophene rings is 1. The first-order chi connectivity index (χ1) is 11.6. The molecule has 0 aliphatic rings. The predicted octanol–water partition coefficient (Wildman–Crippen LogP) is 2.01. The van der Waals surface area contributed by atoms with E-state index in [-0.39, 0.29) is 30.4 Å². The van der Waals surface area contributed by atoms with E-state index in [1.807, 2.05) is 0 Å². The number of terminal acetylenes is 1. The third-order valence-corrected chi connectivity index (χ3v) is 4.30. The second-order valence-corrected chi connectivity index (χ2v) is 5.85. The van der Waals surface area contributed by atoms with E-state index >= 15 is 0 Å². The van der Waals surface area contributed by atoms with Gasteiger partial charge in [-0.05, 0) is 17.7 Å². The summed E-state index contributed by atoms with van der Waals surface area (Å²) in [5.74, 6) is 1.58. The fourth-order valence-corrected chi connectivity index (χ4v) is 3.19. The van der Waals surface area contributed by atoms with Gasteiger partial charge in [-0.3, -0.25) is 14.2 Å². The molecule has 0 atom stereocenters. The van der Waals surface area contributed by atoms with Gasteiger partial charge < -0.3 is 5.32 Å². The zero-order valence-electron chi connectivity index (χ0n) is 12.5. The highest BCUT2D eigenvalue weighted by Crippen LogP contribution is 2.30. The number of carbonyl (C=O) groups is 1. The molecule has 1 amide bonds. The summed E-state index contributed by atoms with van der Waals surface area (Å²) < 4.78 is 14.3. The second kappa shape index (κ2) is 6.64. The molecule has 0 fully saturated rings. The lowest BCUT2D eigenvalue weighted by molar-refractivity contribution is -0.121. The Bertz CT molecular complexity index is 999. The third-order valence-electron chi connectivity index (χ3n) is 3.42. The van der Waals surface area contributed by atoms with Crippen LogP contribution in [0.25, 0.3) is 21.3 Å². The summed E-state index contributed by atoms with van der Waals surface area (Å²) in [5.41, 5.74) is 1.07. The highest BCUT2D eigenvalue weighted by atomic mass is 32.1. The smallest absolute Gasteiger partial charge is 0.263 e. The molecule has 1 aromatic carbocycles. The number of amides is 1. The van der Waals surface area contributed by atoms with Gasteiger partial charge in [0, 0.05) is 10.9 Å².